The molecule has 5 heteroatoms. The van der Waals surface area contributed by atoms with Gasteiger partial charge in [0.1, 0.15) is 11.6 Å². The summed E-state index contributed by atoms with van der Waals surface area (Å²) < 4.78 is 7.41. The van der Waals surface area contributed by atoms with Crippen LogP contribution in [0.2, 0.25) is 0 Å². The molecule has 1 atom stereocenters. The SMILES string of the molecule is CCCCN(C)C(=O)/C(C#N)=C/c1cc(C)n(C(C)COC)c1C. The first-order chi connectivity index (χ1) is 11.4. The number of amides is 1. The van der Waals surface area contributed by atoms with Crippen molar-refractivity contribution in [1.82, 2.24) is 9.47 Å². The quantitative estimate of drug-likeness (QED) is 0.541. The lowest BCUT2D eigenvalue weighted by Gasteiger charge is -2.18. The van der Waals surface area contributed by atoms with Crippen molar-refractivity contribution in [3.8, 4) is 6.07 Å². The second kappa shape index (κ2) is 9.29. The monoisotopic (exact) mass is 331 g/mol. The van der Waals surface area contributed by atoms with Gasteiger partial charge in [0.2, 0.25) is 0 Å². The smallest absolute Gasteiger partial charge is 0.264 e. The van der Waals surface area contributed by atoms with Gasteiger partial charge in [0, 0.05) is 32.1 Å². The lowest BCUT2D eigenvalue weighted by molar-refractivity contribution is -0.125. The van der Waals surface area contributed by atoms with Crippen LogP contribution in [-0.2, 0) is 9.53 Å². The van der Waals surface area contributed by atoms with Crippen molar-refractivity contribution >= 4 is 12.0 Å². The third-order valence-electron chi connectivity index (χ3n) is 4.22. The van der Waals surface area contributed by atoms with Crippen LogP contribution in [-0.4, -0.2) is 42.7 Å². The van der Waals surface area contributed by atoms with E-state index in [0.29, 0.717) is 13.2 Å². The summed E-state index contributed by atoms with van der Waals surface area (Å²) >= 11 is 0. The molecule has 0 saturated heterocycles. The van der Waals surface area contributed by atoms with Crippen LogP contribution in [0, 0.1) is 25.2 Å². The van der Waals surface area contributed by atoms with Crippen LogP contribution in [0.15, 0.2) is 11.6 Å². The molecule has 1 aromatic heterocycles. The van der Waals surface area contributed by atoms with E-state index in [-0.39, 0.29) is 17.5 Å². The summed E-state index contributed by atoms with van der Waals surface area (Å²) in [6, 6.07) is 4.27. The molecule has 1 heterocycles. The summed E-state index contributed by atoms with van der Waals surface area (Å²) in [5, 5.41) is 9.40. The van der Waals surface area contributed by atoms with Gasteiger partial charge in [-0.25, -0.2) is 0 Å². The Morgan fingerprint density at radius 2 is 2.17 bits per heavy atom. The van der Waals surface area contributed by atoms with Gasteiger partial charge in [-0.15, -0.1) is 0 Å². The lowest BCUT2D eigenvalue weighted by Crippen LogP contribution is -2.28. The Hall–Kier alpha value is -2.06. The molecule has 0 radical (unpaired) electrons. The maximum atomic E-state index is 12.4. The van der Waals surface area contributed by atoms with Crippen LogP contribution < -0.4 is 0 Å². The molecule has 0 spiro atoms. The molecule has 132 valence electrons. The molecule has 1 amide bonds. The van der Waals surface area contributed by atoms with E-state index < -0.39 is 0 Å². The molecular formula is C19H29N3O2. The van der Waals surface area contributed by atoms with Crippen LogP contribution in [0.5, 0.6) is 0 Å². The van der Waals surface area contributed by atoms with Gasteiger partial charge in [-0.05, 0) is 44.9 Å². The number of carbonyl (C=O) groups is 1. The van der Waals surface area contributed by atoms with E-state index in [1.165, 1.54) is 0 Å². The Kier molecular flexibility index (Phi) is 7.73. The summed E-state index contributed by atoms with van der Waals surface area (Å²) in [6.45, 7) is 9.48. The maximum Gasteiger partial charge on any atom is 0.264 e. The summed E-state index contributed by atoms with van der Waals surface area (Å²) in [7, 11) is 3.43. The van der Waals surface area contributed by atoms with Gasteiger partial charge >= 0.3 is 0 Å². The predicted octanol–water partition coefficient (Wildman–Crippen LogP) is 3.48. The molecule has 0 saturated carbocycles. The minimum absolute atomic E-state index is 0.174. The molecular weight excluding hydrogens is 302 g/mol. The summed E-state index contributed by atoms with van der Waals surface area (Å²) in [4.78, 5) is 14.0. The maximum absolute atomic E-state index is 12.4. The molecule has 1 aromatic rings. The fourth-order valence-corrected chi connectivity index (χ4v) is 2.94. The van der Waals surface area contributed by atoms with E-state index >= 15 is 0 Å². The second-order valence-corrected chi connectivity index (χ2v) is 6.25. The summed E-state index contributed by atoms with van der Waals surface area (Å²) in [6.07, 6.45) is 3.65. The normalized spacial score (nSPS) is 12.8. The van der Waals surface area contributed by atoms with E-state index in [4.69, 9.17) is 4.74 Å². The van der Waals surface area contributed by atoms with Crippen molar-refractivity contribution < 1.29 is 9.53 Å². The van der Waals surface area contributed by atoms with Crippen LogP contribution in [0.3, 0.4) is 0 Å². The average molecular weight is 331 g/mol. The highest BCUT2D eigenvalue weighted by Gasteiger charge is 2.17. The minimum atomic E-state index is -0.222. The van der Waals surface area contributed by atoms with Gasteiger partial charge in [0.15, 0.2) is 0 Å². The number of hydrogen-bond acceptors (Lipinski definition) is 3. The number of nitrogens with zero attached hydrogens (tertiary/aromatic N) is 3. The first-order valence-corrected chi connectivity index (χ1v) is 8.41. The zero-order valence-electron chi connectivity index (χ0n) is 15.7. The molecule has 24 heavy (non-hydrogen) atoms. The molecule has 1 rings (SSSR count). The van der Waals surface area contributed by atoms with Gasteiger partial charge in [-0.2, -0.15) is 5.26 Å². The predicted molar refractivity (Wildman–Crippen MR) is 96.6 cm³/mol. The Morgan fingerprint density at radius 1 is 1.50 bits per heavy atom. The Bertz CT molecular complexity index is 638. The number of rotatable bonds is 8. The van der Waals surface area contributed by atoms with Crippen LogP contribution in [0.4, 0.5) is 0 Å². The number of nitriles is 1. The molecule has 0 N–H and O–H groups in total. The van der Waals surface area contributed by atoms with E-state index in [9.17, 15) is 10.1 Å². The van der Waals surface area contributed by atoms with E-state index in [2.05, 4.69) is 24.5 Å². The molecule has 0 aliphatic carbocycles. The molecule has 0 aromatic carbocycles. The minimum Gasteiger partial charge on any atom is -0.383 e. The summed E-state index contributed by atoms with van der Waals surface area (Å²) in [5.41, 5.74) is 3.21. The van der Waals surface area contributed by atoms with Crippen LogP contribution in [0.25, 0.3) is 6.08 Å². The highest BCUT2D eigenvalue weighted by atomic mass is 16.5. The molecule has 1 unspecified atom stereocenters. The van der Waals surface area contributed by atoms with Crippen LogP contribution in [0.1, 0.15) is 49.7 Å². The van der Waals surface area contributed by atoms with Crippen molar-refractivity contribution in [2.45, 2.75) is 46.6 Å². The van der Waals surface area contributed by atoms with Crippen molar-refractivity contribution in [3.05, 3.63) is 28.6 Å². The number of carbonyl (C=O) groups excluding carboxylic acids is 1. The average Bonchev–Trinajstić information content (AvgIpc) is 2.83. The number of methoxy groups -OCH3 is 1. The van der Waals surface area contributed by atoms with Gasteiger partial charge in [0.05, 0.1) is 12.6 Å². The number of ether oxygens (including phenoxy) is 1. The van der Waals surface area contributed by atoms with Gasteiger partial charge in [0.25, 0.3) is 5.91 Å². The van der Waals surface area contributed by atoms with E-state index in [1.807, 2.05) is 19.9 Å². The fraction of sp³-hybridized carbons (Fsp3) is 0.579. The highest BCUT2D eigenvalue weighted by molar-refractivity contribution is 6.01. The lowest BCUT2D eigenvalue weighted by atomic mass is 10.1. The number of likely N-dealkylation sites (N-methyl/N-ethyl adjacent to an activating group) is 1. The molecule has 0 bridgehead atoms. The fourth-order valence-electron chi connectivity index (χ4n) is 2.94. The standard InChI is InChI=1S/C19H29N3O2/c1-7-8-9-21(5)19(23)18(12-20)11-17-10-14(2)22(16(17)4)15(3)13-24-6/h10-11,15H,7-9,13H2,1-6H3/b18-11+. The third-order valence-corrected chi connectivity index (χ3v) is 4.22. The highest BCUT2D eigenvalue weighted by Crippen LogP contribution is 2.23. The first kappa shape index (κ1) is 20.0. The van der Waals surface area contributed by atoms with Crippen molar-refractivity contribution in [2.24, 2.45) is 0 Å². The largest absolute Gasteiger partial charge is 0.383 e. The van der Waals surface area contributed by atoms with E-state index in [0.717, 1.165) is 29.8 Å². The van der Waals surface area contributed by atoms with Gasteiger partial charge in [-0.3, -0.25) is 4.79 Å². The number of aryl methyl sites for hydroxylation is 1. The van der Waals surface area contributed by atoms with Crippen LogP contribution >= 0.6 is 0 Å². The Labute approximate surface area is 145 Å². The third kappa shape index (κ3) is 4.72. The first-order valence-electron chi connectivity index (χ1n) is 8.41. The number of aromatic nitrogens is 1. The molecule has 0 aliphatic rings. The van der Waals surface area contributed by atoms with Crippen molar-refractivity contribution in [1.29, 1.82) is 5.26 Å². The van der Waals surface area contributed by atoms with Crippen molar-refractivity contribution in [3.63, 3.8) is 0 Å². The second-order valence-electron chi connectivity index (χ2n) is 6.25. The van der Waals surface area contributed by atoms with E-state index in [1.54, 1.807) is 25.1 Å². The van der Waals surface area contributed by atoms with Gasteiger partial charge < -0.3 is 14.2 Å². The molecule has 0 aliphatic heterocycles. The zero-order chi connectivity index (χ0) is 18.3. The molecule has 5 nitrogen and oxygen atoms in total. The topological polar surface area (TPSA) is 58.3 Å². The molecule has 0 fully saturated rings. The zero-order valence-corrected chi connectivity index (χ0v) is 15.7. The number of hydrogen-bond donors (Lipinski definition) is 0. The van der Waals surface area contributed by atoms with Gasteiger partial charge in [-0.1, -0.05) is 13.3 Å². The van der Waals surface area contributed by atoms with Crippen molar-refractivity contribution in [2.75, 3.05) is 27.3 Å². The Balaban J connectivity index is 3.12. The summed E-state index contributed by atoms with van der Waals surface area (Å²) in [5.74, 6) is -0.222. The Morgan fingerprint density at radius 3 is 2.71 bits per heavy atom. The number of unbranched alkanes of at least 4 members (excludes halogenated alkanes) is 1.